The maximum absolute atomic E-state index is 4.06. The van der Waals surface area contributed by atoms with Gasteiger partial charge in [0.05, 0.1) is 0 Å². The van der Waals surface area contributed by atoms with E-state index >= 15 is 0 Å². The van der Waals surface area contributed by atoms with E-state index in [1.807, 2.05) is 11.6 Å². The second kappa shape index (κ2) is 4.26. The van der Waals surface area contributed by atoms with Crippen LogP contribution in [-0.2, 0) is 19.9 Å². The average Bonchev–Trinajstić information content (AvgIpc) is 2.63. The van der Waals surface area contributed by atoms with E-state index in [4.69, 9.17) is 0 Å². The Morgan fingerprint density at radius 2 is 1.87 bits per heavy atom. The Bertz CT molecular complexity index is 428. The lowest BCUT2D eigenvalue weighted by molar-refractivity contribution is 0.769. The second-order valence-electron chi connectivity index (χ2n) is 3.84. The molecule has 0 aliphatic carbocycles. The fraction of sp³-hybridized carbons (Fsp3) is 0.333. The smallest absolute Gasteiger partial charge is 0.132 e. The van der Waals surface area contributed by atoms with Gasteiger partial charge in [-0.05, 0) is 18.9 Å². The highest BCUT2D eigenvalue weighted by molar-refractivity contribution is 5.21. The molecule has 15 heavy (non-hydrogen) atoms. The fourth-order valence-corrected chi connectivity index (χ4v) is 1.54. The van der Waals surface area contributed by atoms with E-state index in [2.05, 4.69) is 41.4 Å². The van der Waals surface area contributed by atoms with E-state index in [1.165, 1.54) is 11.1 Å². The molecule has 0 N–H and O–H groups in total. The van der Waals surface area contributed by atoms with Crippen LogP contribution in [0, 0.1) is 6.92 Å². The standard InChI is InChI=1S/C12H15N3/c1-10-3-5-11(6-4-10)7-8-12-14-13-9-15(12)2/h3-6,9H,7-8H2,1-2H3. The van der Waals surface area contributed by atoms with Crippen LogP contribution in [0.3, 0.4) is 0 Å². The molecule has 0 amide bonds. The number of aromatic nitrogens is 3. The van der Waals surface area contributed by atoms with Gasteiger partial charge in [0.1, 0.15) is 12.2 Å². The molecule has 78 valence electrons. The number of rotatable bonds is 3. The molecule has 2 aromatic rings. The van der Waals surface area contributed by atoms with Gasteiger partial charge in [-0.25, -0.2) is 0 Å². The SMILES string of the molecule is Cc1ccc(CCc2nncn2C)cc1. The zero-order valence-electron chi connectivity index (χ0n) is 9.14. The van der Waals surface area contributed by atoms with Crippen molar-refractivity contribution in [1.29, 1.82) is 0 Å². The molecular formula is C12H15N3. The monoisotopic (exact) mass is 201 g/mol. The number of benzene rings is 1. The Labute approximate surface area is 89.8 Å². The van der Waals surface area contributed by atoms with Gasteiger partial charge in [-0.2, -0.15) is 0 Å². The summed E-state index contributed by atoms with van der Waals surface area (Å²) in [6.07, 6.45) is 3.71. The van der Waals surface area contributed by atoms with Crippen molar-refractivity contribution < 1.29 is 0 Å². The van der Waals surface area contributed by atoms with Crippen molar-refractivity contribution in [3.63, 3.8) is 0 Å². The van der Waals surface area contributed by atoms with Crippen LogP contribution >= 0.6 is 0 Å². The number of hydrogen-bond donors (Lipinski definition) is 0. The van der Waals surface area contributed by atoms with Crippen LogP contribution in [0.5, 0.6) is 0 Å². The quantitative estimate of drug-likeness (QED) is 0.759. The molecule has 1 heterocycles. The molecular weight excluding hydrogens is 186 g/mol. The van der Waals surface area contributed by atoms with Crippen LogP contribution in [-0.4, -0.2) is 14.8 Å². The van der Waals surface area contributed by atoms with Gasteiger partial charge in [0.2, 0.25) is 0 Å². The van der Waals surface area contributed by atoms with Gasteiger partial charge in [-0.1, -0.05) is 29.8 Å². The van der Waals surface area contributed by atoms with E-state index < -0.39 is 0 Å². The summed E-state index contributed by atoms with van der Waals surface area (Å²) in [6, 6.07) is 8.63. The third kappa shape index (κ3) is 2.43. The lowest BCUT2D eigenvalue weighted by Gasteiger charge is -2.01. The molecule has 0 fully saturated rings. The first kappa shape index (κ1) is 9.90. The molecule has 0 bridgehead atoms. The van der Waals surface area contributed by atoms with Gasteiger partial charge in [-0.3, -0.25) is 0 Å². The van der Waals surface area contributed by atoms with Crippen LogP contribution in [0.2, 0.25) is 0 Å². The minimum Gasteiger partial charge on any atom is -0.321 e. The molecule has 0 unspecified atom stereocenters. The van der Waals surface area contributed by atoms with Gasteiger partial charge in [0, 0.05) is 13.5 Å². The molecule has 0 aliphatic heterocycles. The minimum atomic E-state index is 0.944. The normalized spacial score (nSPS) is 10.5. The second-order valence-corrected chi connectivity index (χ2v) is 3.84. The highest BCUT2D eigenvalue weighted by Gasteiger charge is 2.00. The van der Waals surface area contributed by atoms with Crippen LogP contribution in [0.4, 0.5) is 0 Å². The van der Waals surface area contributed by atoms with Crippen molar-refractivity contribution in [3.05, 3.63) is 47.5 Å². The summed E-state index contributed by atoms with van der Waals surface area (Å²) in [5.41, 5.74) is 2.65. The van der Waals surface area contributed by atoms with E-state index in [0.29, 0.717) is 0 Å². The highest BCUT2D eigenvalue weighted by atomic mass is 15.2. The summed E-state index contributed by atoms with van der Waals surface area (Å²) in [6.45, 7) is 2.10. The van der Waals surface area contributed by atoms with Crippen molar-refractivity contribution in [2.24, 2.45) is 7.05 Å². The summed E-state index contributed by atoms with van der Waals surface area (Å²) in [5.74, 6) is 1.04. The van der Waals surface area contributed by atoms with Crippen molar-refractivity contribution in [2.75, 3.05) is 0 Å². The van der Waals surface area contributed by atoms with E-state index in [9.17, 15) is 0 Å². The first-order valence-electron chi connectivity index (χ1n) is 5.14. The van der Waals surface area contributed by atoms with Crippen molar-refractivity contribution in [1.82, 2.24) is 14.8 Å². The first-order chi connectivity index (χ1) is 7.25. The zero-order chi connectivity index (χ0) is 10.7. The minimum absolute atomic E-state index is 0.944. The molecule has 1 aromatic heterocycles. The molecule has 0 saturated heterocycles. The number of nitrogens with zero attached hydrogens (tertiary/aromatic N) is 3. The van der Waals surface area contributed by atoms with Crippen LogP contribution in [0.15, 0.2) is 30.6 Å². The maximum atomic E-state index is 4.06. The summed E-state index contributed by atoms with van der Waals surface area (Å²) < 4.78 is 1.97. The van der Waals surface area contributed by atoms with E-state index in [1.54, 1.807) is 6.33 Å². The molecule has 1 aromatic carbocycles. The van der Waals surface area contributed by atoms with Crippen LogP contribution < -0.4 is 0 Å². The third-order valence-corrected chi connectivity index (χ3v) is 2.56. The third-order valence-electron chi connectivity index (χ3n) is 2.56. The van der Waals surface area contributed by atoms with E-state index in [-0.39, 0.29) is 0 Å². The molecule has 0 saturated carbocycles. The topological polar surface area (TPSA) is 30.7 Å². The van der Waals surface area contributed by atoms with Gasteiger partial charge in [0.25, 0.3) is 0 Å². The summed E-state index contributed by atoms with van der Waals surface area (Å²) >= 11 is 0. The lowest BCUT2D eigenvalue weighted by atomic mass is 10.1. The Morgan fingerprint density at radius 3 is 2.47 bits per heavy atom. The van der Waals surface area contributed by atoms with Crippen LogP contribution in [0.25, 0.3) is 0 Å². The predicted octanol–water partition coefficient (Wildman–Crippen LogP) is 1.91. The molecule has 0 aliphatic rings. The Balaban J connectivity index is 1.99. The highest BCUT2D eigenvalue weighted by Crippen LogP contribution is 2.06. The van der Waals surface area contributed by atoms with Gasteiger partial charge < -0.3 is 4.57 Å². The lowest BCUT2D eigenvalue weighted by Crippen LogP contribution is -1.99. The van der Waals surface area contributed by atoms with Crippen molar-refractivity contribution >= 4 is 0 Å². The summed E-state index contributed by atoms with van der Waals surface area (Å²) in [5, 5.41) is 7.92. The van der Waals surface area contributed by atoms with Gasteiger partial charge in [0.15, 0.2) is 0 Å². The predicted molar refractivity (Wildman–Crippen MR) is 59.6 cm³/mol. The molecule has 3 heteroatoms. The number of hydrogen-bond acceptors (Lipinski definition) is 2. The Hall–Kier alpha value is -1.64. The summed E-state index contributed by atoms with van der Waals surface area (Å²) in [4.78, 5) is 0. The molecule has 3 nitrogen and oxygen atoms in total. The number of aryl methyl sites for hydroxylation is 4. The molecule has 0 radical (unpaired) electrons. The average molecular weight is 201 g/mol. The molecule has 0 spiro atoms. The van der Waals surface area contributed by atoms with Crippen LogP contribution in [0.1, 0.15) is 17.0 Å². The molecule has 2 rings (SSSR count). The zero-order valence-corrected chi connectivity index (χ0v) is 9.14. The maximum Gasteiger partial charge on any atom is 0.132 e. The first-order valence-corrected chi connectivity index (χ1v) is 5.14. The Kier molecular flexibility index (Phi) is 2.81. The summed E-state index contributed by atoms with van der Waals surface area (Å²) in [7, 11) is 1.98. The largest absolute Gasteiger partial charge is 0.321 e. The fourth-order valence-electron chi connectivity index (χ4n) is 1.54. The molecule has 0 atom stereocenters. The van der Waals surface area contributed by atoms with Crippen molar-refractivity contribution in [3.8, 4) is 0 Å². The van der Waals surface area contributed by atoms with E-state index in [0.717, 1.165) is 18.7 Å². The van der Waals surface area contributed by atoms with Gasteiger partial charge in [-0.15, -0.1) is 10.2 Å². The Morgan fingerprint density at radius 1 is 1.13 bits per heavy atom. The van der Waals surface area contributed by atoms with Crippen molar-refractivity contribution in [2.45, 2.75) is 19.8 Å². The van der Waals surface area contributed by atoms with Gasteiger partial charge >= 0.3 is 0 Å².